The van der Waals surface area contributed by atoms with Gasteiger partial charge in [0.1, 0.15) is 10.1 Å². The average Bonchev–Trinajstić information content (AvgIpc) is 2.70. The molecule has 0 amide bonds. The fraction of sp³-hybridized carbons (Fsp3) is 0.0909. The lowest BCUT2D eigenvalue weighted by molar-refractivity contribution is 0.567. The molecule has 3 nitrogen and oxygen atoms in total. The molecule has 0 fully saturated rings. The summed E-state index contributed by atoms with van der Waals surface area (Å²) >= 11 is 6.73. The summed E-state index contributed by atoms with van der Waals surface area (Å²) in [6.45, 7) is 0. The van der Waals surface area contributed by atoms with Crippen LogP contribution in [0.2, 0.25) is 0 Å². The highest BCUT2D eigenvalue weighted by Gasteiger charge is 2.11. The van der Waals surface area contributed by atoms with Crippen molar-refractivity contribution in [3.63, 3.8) is 0 Å². The maximum atomic E-state index is 6.03. The van der Waals surface area contributed by atoms with Crippen LogP contribution in [-0.4, -0.2) is 28.5 Å². The van der Waals surface area contributed by atoms with E-state index in [0.717, 1.165) is 17.0 Å². The predicted molar refractivity (Wildman–Crippen MR) is 120 cm³/mol. The van der Waals surface area contributed by atoms with Gasteiger partial charge in [0.15, 0.2) is 0 Å². The molecule has 3 rings (SSSR count). The van der Waals surface area contributed by atoms with Crippen molar-refractivity contribution in [2.75, 3.05) is 14.1 Å². The number of rotatable bonds is 3. The van der Waals surface area contributed by atoms with E-state index in [0.29, 0.717) is 9.55 Å². The minimum atomic E-state index is 0.493. The van der Waals surface area contributed by atoms with Crippen LogP contribution in [-0.2, 0) is 0 Å². The minimum absolute atomic E-state index is 0.493. The number of nitrogens with zero attached hydrogens (tertiary/aromatic N) is 2. The van der Waals surface area contributed by atoms with Gasteiger partial charge in [-0.1, -0.05) is 72.9 Å². The van der Waals surface area contributed by atoms with Crippen molar-refractivity contribution in [3.8, 4) is 16.9 Å². The molecule has 0 aliphatic heterocycles. The number of thiocarbonyl (C=S) groups is 1. The summed E-state index contributed by atoms with van der Waals surface area (Å²) < 4.78 is 6.71. The van der Waals surface area contributed by atoms with Crippen LogP contribution in [0.4, 0.5) is 5.69 Å². The van der Waals surface area contributed by atoms with Gasteiger partial charge in [-0.05, 0) is 47.2 Å². The first kappa shape index (κ1) is 19.1. The highest BCUT2D eigenvalue weighted by Crippen LogP contribution is 2.25. The van der Waals surface area contributed by atoms with Crippen LogP contribution in [0, 0.1) is 0 Å². The number of hydrogen-bond donors (Lipinski definition) is 0. The van der Waals surface area contributed by atoms with Crippen molar-refractivity contribution in [2.45, 2.75) is 0 Å². The fourth-order valence-electron chi connectivity index (χ4n) is 2.29. The van der Waals surface area contributed by atoms with E-state index in [1.165, 1.54) is 17.3 Å². The van der Waals surface area contributed by atoms with Gasteiger partial charge in [-0.15, -0.1) is 0 Å². The summed E-state index contributed by atoms with van der Waals surface area (Å²) in [5, 5.41) is 0.493. The SMILES string of the molecule is CN(C)C(=S)SC(=Nc1ccccc1)Oc1ccc(-c2ccccc2)cc1. The van der Waals surface area contributed by atoms with Crippen molar-refractivity contribution in [3.05, 3.63) is 84.9 Å². The third-order valence-electron chi connectivity index (χ3n) is 3.68. The Morgan fingerprint density at radius 1 is 0.815 bits per heavy atom. The molecule has 136 valence electrons. The van der Waals surface area contributed by atoms with Gasteiger partial charge >= 0.3 is 0 Å². The molecule has 5 heteroatoms. The summed E-state index contributed by atoms with van der Waals surface area (Å²) in [7, 11) is 3.81. The van der Waals surface area contributed by atoms with Gasteiger partial charge < -0.3 is 9.64 Å². The predicted octanol–water partition coefficient (Wildman–Crippen LogP) is 6.00. The van der Waals surface area contributed by atoms with E-state index in [9.17, 15) is 0 Å². The quantitative estimate of drug-likeness (QED) is 0.310. The van der Waals surface area contributed by atoms with Crippen LogP contribution < -0.4 is 4.74 Å². The number of ether oxygens (including phenoxy) is 1. The van der Waals surface area contributed by atoms with E-state index in [-0.39, 0.29) is 0 Å². The molecular weight excluding hydrogens is 372 g/mol. The number of para-hydroxylation sites is 1. The molecule has 3 aromatic carbocycles. The van der Waals surface area contributed by atoms with Crippen molar-refractivity contribution in [1.82, 2.24) is 4.90 Å². The maximum Gasteiger partial charge on any atom is 0.263 e. The molecule has 0 radical (unpaired) electrons. The Labute approximate surface area is 169 Å². The fourth-order valence-corrected chi connectivity index (χ4v) is 3.12. The Kier molecular flexibility index (Phi) is 6.63. The van der Waals surface area contributed by atoms with E-state index in [1.54, 1.807) is 0 Å². The van der Waals surface area contributed by atoms with Crippen molar-refractivity contribution < 1.29 is 4.74 Å². The van der Waals surface area contributed by atoms with Crippen LogP contribution in [0.25, 0.3) is 11.1 Å². The Hall–Kier alpha value is -2.63. The lowest BCUT2D eigenvalue weighted by atomic mass is 10.1. The van der Waals surface area contributed by atoms with Crippen molar-refractivity contribution >= 4 is 39.2 Å². The van der Waals surface area contributed by atoms with E-state index < -0.39 is 0 Å². The Morgan fingerprint density at radius 3 is 1.96 bits per heavy atom. The third-order valence-corrected chi connectivity index (χ3v) is 5.19. The first-order valence-corrected chi connectivity index (χ1v) is 9.70. The third kappa shape index (κ3) is 5.67. The second-order valence-electron chi connectivity index (χ2n) is 5.97. The van der Waals surface area contributed by atoms with E-state index >= 15 is 0 Å². The van der Waals surface area contributed by atoms with E-state index in [1.807, 2.05) is 91.8 Å². The van der Waals surface area contributed by atoms with Crippen LogP contribution in [0.5, 0.6) is 5.75 Å². The summed E-state index contributed by atoms with van der Waals surface area (Å²) in [6.07, 6.45) is 0. The molecule has 0 aliphatic rings. The van der Waals surface area contributed by atoms with Gasteiger partial charge in [-0.25, -0.2) is 4.99 Å². The number of hydrogen-bond acceptors (Lipinski definition) is 4. The molecule has 0 bridgehead atoms. The van der Waals surface area contributed by atoms with Gasteiger partial charge in [0.25, 0.3) is 5.23 Å². The molecule has 0 saturated heterocycles. The molecule has 0 atom stereocenters. The normalized spacial score (nSPS) is 11.1. The van der Waals surface area contributed by atoms with Crippen LogP contribution in [0.3, 0.4) is 0 Å². The van der Waals surface area contributed by atoms with E-state index in [4.69, 9.17) is 17.0 Å². The minimum Gasteiger partial charge on any atom is -0.433 e. The highest BCUT2D eigenvalue weighted by molar-refractivity contribution is 8.32. The summed E-state index contributed by atoms with van der Waals surface area (Å²) in [4.78, 5) is 6.46. The Morgan fingerprint density at radius 2 is 1.37 bits per heavy atom. The molecule has 0 aliphatic carbocycles. The molecule has 0 unspecified atom stereocenters. The van der Waals surface area contributed by atoms with Crippen LogP contribution in [0.1, 0.15) is 0 Å². The second-order valence-corrected chi connectivity index (χ2v) is 7.55. The molecule has 0 aromatic heterocycles. The smallest absolute Gasteiger partial charge is 0.263 e. The maximum absolute atomic E-state index is 6.03. The largest absolute Gasteiger partial charge is 0.433 e. The van der Waals surface area contributed by atoms with Gasteiger partial charge in [0.2, 0.25) is 0 Å². The Balaban J connectivity index is 1.81. The number of thioether (sulfide) groups is 1. The summed E-state index contributed by atoms with van der Waals surface area (Å²) in [5.41, 5.74) is 3.13. The molecule has 0 saturated carbocycles. The second kappa shape index (κ2) is 9.35. The molecule has 0 spiro atoms. The molecule has 27 heavy (non-hydrogen) atoms. The number of aliphatic imine (C=N–C) groups is 1. The molecule has 0 heterocycles. The van der Waals surface area contributed by atoms with Crippen LogP contribution in [0.15, 0.2) is 89.9 Å². The zero-order chi connectivity index (χ0) is 19.1. The van der Waals surface area contributed by atoms with Crippen molar-refractivity contribution in [2.24, 2.45) is 4.99 Å². The first-order valence-electron chi connectivity index (χ1n) is 8.48. The Bertz CT molecular complexity index is 908. The first-order chi connectivity index (χ1) is 13.1. The summed E-state index contributed by atoms with van der Waals surface area (Å²) in [5.74, 6) is 0.721. The van der Waals surface area contributed by atoms with Crippen LogP contribution >= 0.6 is 24.0 Å². The van der Waals surface area contributed by atoms with Gasteiger partial charge in [0, 0.05) is 14.1 Å². The molecule has 0 N–H and O–H groups in total. The average molecular weight is 393 g/mol. The lowest BCUT2D eigenvalue weighted by Crippen LogP contribution is -2.19. The molecular formula is C22H20N2OS2. The van der Waals surface area contributed by atoms with E-state index in [2.05, 4.69) is 17.1 Å². The molecule has 3 aromatic rings. The van der Waals surface area contributed by atoms with Crippen molar-refractivity contribution in [1.29, 1.82) is 0 Å². The number of benzene rings is 3. The van der Waals surface area contributed by atoms with Gasteiger partial charge in [-0.3, -0.25) is 0 Å². The highest BCUT2D eigenvalue weighted by atomic mass is 32.2. The van der Waals surface area contributed by atoms with Gasteiger partial charge in [0.05, 0.1) is 5.69 Å². The zero-order valence-electron chi connectivity index (χ0n) is 15.2. The van der Waals surface area contributed by atoms with Gasteiger partial charge in [-0.2, -0.15) is 0 Å². The monoisotopic (exact) mass is 392 g/mol. The summed E-state index contributed by atoms with van der Waals surface area (Å²) in [6, 6.07) is 27.9. The standard InChI is InChI=1S/C22H20N2OS2/c1-24(2)22(26)27-21(23-19-11-7-4-8-12-19)25-20-15-13-18(14-16-20)17-9-5-3-6-10-17/h3-16H,1-2H3. The topological polar surface area (TPSA) is 24.8 Å². The lowest BCUT2D eigenvalue weighted by Gasteiger charge is -2.14. The zero-order valence-corrected chi connectivity index (χ0v) is 16.8.